The summed E-state index contributed by atoms with van der Waals surface area (Å²) in [5.41, 5.74) is 3.29. The zero-order valence-corrected chi connectivity index (χ0v) is 19.2. The number of hydrogen-bond donors (Lipinski definition) is 1. The molecule has 1 aromatic heterocycles. The molecule has 0 radical (unpaired) electrons. The van der Waals surface area contributed by atoms with Gasteiger partial charge in [-0.05, 0) is 24.0 Å². The molecule has 1 aliphatic rings. The van der Waals surface area contributed by atoms with Crippen LogP contribution in [0.1, 0.15) is 55.0 Å². The van der Waals surface area contributed by atoms with Crippen LogP contribution in [-0.2, 0) is 11.2 Å². The Kier molecular flexibility index (Phi) is 7.43. The fraction of sp³-hybridized carbons (Fsp3) is 0.346. The van der Waals surface area contributed by atoms with Gasteiger partial charge >= 0.3 is 0 Å². The molecule has 2 aromatic carbocycles. The molecule has 3 aromatic rings. The maximum absolute atomic E-state index is 12.7. The number of nitrogens with one attached hydrogen (secondary N) is 1. The van der Waals surface area contributed by atoms with Gasteiger partial charge in [-0.1, -0.05) is 85.8 Å². The van der Waals surface area contributed by atoms with E-state index in [0.29, 0.717) is 18.7 Å². The third-order valence-corrected chi connectivity index (χ3v) is 6.93. The summed E-state index contributed by atoms with van der Waals surface area (Å²) in [5.74, 6) is 0.916. The molecule has 0 spiro atoms. The predicted octanol–water partition coefficient (Wildman–Crippen LogP) is 4.57. The van der Waals surface area contributed by atoms with Crippen molar-refractivity contribution in [1.82, 2.24) is 14.9 Å². The molecule has 6 heteroatoms. The number of nitrogens with zero attached hydrogens (tertiary/aromatic N) is 2. The standard InChI is InChI=1S/C26H29N3O2S/c1-2-9-21-16-25(31)29-22(18-32-26(29)28-21)17-24(30)27-15-14-23(19-10-5-3-6-11-19)20-12-7-4-8-13-20/h3-8,10-13,16,22-23H,2,9,14-15,17-18H2,1H3,(H,27,30). The highest BCUT2D eigenvalue weighted by atomic mass is 32.2. The molecule has 1 atom stereocenters. The molecular weight excluding hydrogens is 418 g/mol. The lowest BCUT2D eigenvalue weighted by atomic mass is 9.88. The van der Waals surface area contributed by atoms with Crippen molar-refractivity contribution in [3.8, 4) is 0 Å². The Labute approximate surface area is 193 Å². The highest BCUT2D eigenvalue weighted by Crippen LogP contribution is 2.32. The molecule has 1 N–H and O–H groups in total. The van der Waals surface area contributed by atoms with Crippen LogP contribution >= 0.6 is 11.8 Å². The molecule has 1 aliphatic heterocycles. The average Bonchev–Trinajstić information content (AvgIpc) is 3.21. The molecule has 0 saturated carbocycles. The molecule has 32 heavy (non-hydrogen) atoms. The smallest absolute Gasteiger partial charge is 0.254 e. The van der Waals surface area contributed by atoms with E-state index in [-0.39, 0.29) is 23.4 Å². The van der Waals surface area contributed by atoms with Gasteiger partial charge in [0.05, 0.1) is 6.04 Å². The van der Waals surface area contributed by atoms with E-state index in [1.807, 2.05) is 12.1 Å². The Morgan fingerprint density at radius 2 is 1.78 bits per heavy atom. The number of fused-ring (bicyclic) bond motifs is 1. The van der Waals surface area contributed by atoms with Crippen LogP contribution in [0.3, 0.4) is 0 Å². The number of hydrogen-bond acceptors (Lipinski definition) is 4. The summed E-state index contributed by atoms with van der Waals surface area (Å²) in [6.45, 7) is 2.66. The average molecular weight is 448 g/mol. The molecule has 2 heterocycles. The van der Waals surface area contributed by atoms with E-state index in [1.165, 1.54) is 11.1 Å². The predicted molar refractivity (Wildman–Crippen MR) is 129 cm³/mol. The largest absolute Gasteiger partial charge is 0.356 e. The highest BCUT2D eigenvalue weighted by molar-refractivity contribution is 7.99. The van der Waals surface area contributed by atoms with Crippen molar-refractivity contribution in [1.29, 1.82) is 0 Å². The van der Waals surface area contributed by atoms with Crippen molar-refractivity contribution in [2.45, 2.75) is 49.7 Å². The van der Waals surface area contributed by atoms with Crippen LogP contribution in [0.25, 0.3) is 0 Å². The minimum absolute atomic E-state index is 0.0205. The zero-order valence-electron chi connectivity index (χ0n) is 18.4. The van der Waals surface area contributed by atoms with Gasteiger partial charge in [0.25, 0.3) is 5.56 Å². The second kappa shape index (κ2) is 10.6. The van der Waals surface area contributed by atoms with Gasteiger partial charge in [-0.3, -0.25) is 14.2 Å². The van der Waals surface area contributed by atoms with Crippen molar-refractivity contribution in [2.24, 2.45) is 0 Å². The van der Waals surface area contributed by atoms with Crippen LogP contribution in [0.4, 0.5) is 0 Å². The Morgan fingerprint density at radius 1 is 1.12 bits per heavy atom. The zero-order chi connectivity index (χ0) is 22.3. The van der Waals surface area contributed by atoms with Crippen LogP contribution in [0.2, 0.25) is 0 Å². The monoisotopic (exact) mass is 447 g/mol. The molecule has 0 aliphatic carbocycles. The second-order valence-corrected chi connectivity index (χ2v) is 9.16. The van der Waals surface area contributed by atoms with Gasteiger partial charge in [0.1, 0.15) is 0 Å². The first-order chi connectivity index (χ1) is 15.7. The number of aromatic nitrogens is 2. The summed E-state index contributed by atoms with van der Waals surface area (Å²) in [5, 5.41) is 3.82. The summed E-state index contributed by atoms with van der Waals surface area (Å²) < 4.78 is 1.69. The van der Waals surface area contributed by atoms with Gasteiger partial charge in [-0.15, -0.1) is 0 Å². The maximum atomic E-state index is 12.7. The maximum Gasteiger partial charge on any atom is 0.254 e. The Bertz CT molecular complexity index is 1060. The lowest BCUT2D eigenvalue weighted by Gasteiger charge is -2.19. The fourth-order valence-corrected chi connectivity index (χ4v) is 5.44. The van der Waals surface area contributed by atoms with Crippen molar-refractivity contribution >= 4 is 17.7 Å². The first kappa shape index (κ1) is 22.3. The summed E-state index contributed by atoms with van der Waals surface area (Å²) in [6, 6.07) is 22.3. The van der Waals surface area contributed by atoms with Gasteiger partial charge in [0.15, 0.2) is 5.16 Å². The number of rotatable bonds is 9. The van der Waals surface area contributed by atoms with Crippen molar-refractivity contribution in [2.75, 3.05) is 12.3 Å². The van der Waals surface area contributed by atoms with Crippen molar-refractivity contribution < 1.29 is 4.79 Å². The van der Waals surface area contributed by atoms with E-state index >= 15 is 0 Å². The molecule has 5 nitrogen and oxygen atoms in total. The summed E-state index contributed by atoms with van der Waals surface area (Å²) in [6.07, 6.45) is 2.88. The van der Waals surface area contributed by atoms with E-state index in [9.17, 15) is 9.59 Å². The lowest BCUT2D eigenvalue weighted by molar-refractivity contribution is -0.121. The van der Waals surface area contributed by atoms with Crippen LogP contribution < -0.4 is 10.9 Å². The van der Waals surface area contributed by atoms with Gasteiger partial charge in [0.2, 0.25) is 5.91 Å². The highest BCUT2D eigenvalue weighted by Gasteiger charge is 2.27. The topological polar surface area (TPSA) is 64.0 Å². The van der Waals surface area contributed by atoms with Gasteiger partial charge in [-0.2, -0.15) is 0 Å². The van der Waals surface area contributed by atoms with E-state index < -0.39 is 0 Å². The first-order valence-corrected chi connectivity index (χ1v) is 12.3. The number of amides is 1. The van der Waals surface area contributed by atoms with Crippen molar-refractivity contribution in [3.05, 3.63) is 93.9 Å². The number of aryl methyl sites for hydroxylation is 1. The molecule has 0 bridgehead atoms. The third-order valence-electron chi connectivity index (χ3n) is 5.83. The summed E-state index contributed by atoms with van der Waals surface area (Å²) in [4.78, 5) is 29.9. The lowest BCUT2D eigenvalue weighted by Crippen LogP contribution is -2.31. The minimum Gasteiger partial charge on any atom is -0.356 e. The molecule has 166 valence electrons. The third kappa shape index (κ3) is 5.30. The SMILES string of the molecule is CCCc1cc(=O)n2c(n1)SCC2CC(=O)NCCC(c1ccccc1)c1ccccc1. The number of thioether (sulfide) groups is 1. The molecule has 0 fully saturated rings. The molecule has 4 rings (SSSR count). The first-order valence-electron chi connectivity index (χ1n) is 11.3. The molecule has 0 saturated heterocycles. The second-order valence-electron chi connectivity index (χ2n) is 8.17. The normalized spacial score (nSPS) is 15.0. The Hall–Kier alpha value is -2.86. The summed E-state index contributed by atoms with van der Waals surface area (Å²) >= 11 is 1.57. The minimum atomic E-state index is -0.135. The molecular formula is C26H29N3O2S. The fourth-order valence-electron chi connectivity index (χ4n) is 4.27. The Morgan fingerprint density at radius 3 is 2.41 bits per heavy atom. The molecule has 1 unspecified atom stereocenters. The number of carbonyl (C=O) groups is 1. The van der Waals surface area contributed by atoms with Crippen LogP contribution in [0.5, 0.6) is 0 Å². The van der Waals surface area contributed by atoms with E-state index in [4.69, 9.17) is 0 Å². The Balaban J connectivity index is 1.37. The number of carbonyl (C=O) groups excluding carboxylic acids is 1. The van der Waals surface area contributed by atoms with Gasteiger partial charge in [0, 0.05) is 36.4 Å². The van der Waals surface area contributed by atoms with E-state index in [0.717, 1.165) is 30.1 Å². The van der Waals surface area contributed by atoms with Gasteiger partial charge < -0.3 is 5.32 Å². The molecule has 1 amide bonds. The van der Waals surface area contributed by atoms with Crippen LogP contribution in [-0.4, -0.2) is 27.8 Å². The van der Waals surface area contributed by atoms with Crippen molar-refractivity contribution in [3.63, 3.8) is 0 Å². The summed E-state index contributed by atoms with van der Waals surface area (Å²) in [7, 11) is 0. The van der Waals surface area contributed by atoms with Crippen LogP contribution in [0, 0.1) is 0 Å². The number of benzene rings is 2. The van der Waals surface area contributed by atoms with E-state index in [2.05, 4.69) is 65.8 Å². The van der Waals surface area contributed by atoms with E-state index in [1.54, 1.807) is 22.4 Å². The van der Waals surface area contributed by atoms with Gasteiger partial charge in [-0.25, -0.2) is 4.98 Å². The van der Waals surface area contributed by atoms with Crippen LogP contribution in [0.15, 0.2) is 76.7 Å². The quantitative estimate of drug-likeness (QED) is 0.488.